The fourth-order valence-electron chi connectivity index (χ4n) is 2.80. The van der Waals surface area contributed by atoms with Crippen LogP contribution >= 0.6 is 11.8 Å². The Balaban J connectivity index is 1.61. The molecule has 0 saturated carbocycles. The van der Waals surface area contributed by atoms with Crippen molar-refractivity contribution in [3.8, 4) is 5.75 Å². The van der Waals surface area contributed by atoms with Crippen LogP contribution in [0, 0.1) is 10.1 Å². The number of benzene rings is 3. The third kappa shape index (κ3) is 6.08. The number of hydrogen-bond acceptors (Lipinski definition) is 7. The zero-order chi connectivity index (χ0) is 23.1. The molecule has 3 aromatic carbocycles. The van der Waals surface area contributed by atoms with Crippen molar-refractivity contribution in [2.75, 3.05) is 23.9 Å². The van der Waals surface area contributed by atoms with E-state index in [1.807, 2.05) is 0 Å². The van der Waals surface area contributed by atoms with Gasteiger partial charge in [-0.15, -0.1) is 11.8 Å². The van der Waals surface area contributed by atoms with Gasteiger partial charge in [-0.3, -0.25) is 14.9 Å². The highest BCUT2D eigenvalue weighted by Crippen LogP contribution is 2.23. The van der Waals surface area contributed by atoms with Crippen LogP contribution in [-0.2, 0) is 9.84 Å². The minimum absolute atomic E-state index is 0.0614. The predicted molar refractivity (Wildman–Crippen MR) is 123 cm³/mol. The van der Waals surface area contributed by atoms with E-state index in [1.165, 1.54) is 49.2 Å². The van der Waals surface area contributed by atoms with E-state index < -0.39 is 20.7 Å². The number of hydrogen-bond donors (Lipinski definition) is 1. The minimum atomic E-state index is -3.44. The summed E-state index contributed by atoms with van der Waals surface area (Å²) in [5.41, 5.74) is 0.553. The lowest BCUT2D eigenvalue weighted by Gasteiger charge is -2.08. The van der Waals surface area contributed by atoms with Crippen molar-refractivity contribution in [3.05, 3.63) is 88.5 Å². The zero-order valence-corrected chi connectivity index (χ0v) is 18.7. The van der Waals surface area contributed by atoms with Crippen LogP contribution in [0.1, 0.15) is 10.4 Å². The van der Waals surface area contributed by atoms with E-state index in [4.69, 9.17) is 4.74 Å². The fourth-order valence-corrected chi connectivity index (χ4v) is 5.42. The lowest BCUT2D eigenvalue weighted by molar-refractivity contribution is -0.384. The summed E-state index contributed by atoms with van der Waals surface area (Å²) in [5, 5.41) is 13.5. The SMILES string of the molecule is COc1ccc(S(=O)(=O)CCSc2cccc(C(=O)Nc3cccc([N+](=O)[O-])c3)c2)cc1. The Kier molecular flexibility index (Phi) is 7.49. The molecule has 0 atom stereocenters. The van der Waals surface area contributed by atoms with E-state index in [9.17, 15) is 23.3 Å². The van der Waals surface area contributed by atoms with Gasteiger partial charge in [0.1, 0.15) is 5.75 Å². The van der Waals surface area contributed by atoms with E-state index in [2.05, 4.69) is 5.32 Å². The number of methoxy groups -OCH3 is 1. The van der Waals surface area contributed by atoms with Crippen LogP contribution in [0.5, 0.6) is 5.75 Å². The first-order valence-electron chi connectivity index (χ1n) is 9.44. The van der Waals surface area contributed by atoms with Crippen molar-refractivity contribution in [3.63, 3.8) is 0 Å². The second kappa shape index (κ2) is 10.3. The molecule has 0 saturated heterocycles. The zero-order valence-electron chi connectivity index (χ0n) is 17.1. The van der Waals surface area contributed by atoms with Crippen LogP contribution in [0.2, 0.25) is 0 Å². The van der Waals surface area contributed by atoms with Crippen molar-refractivity contribution >= 4 is 38.9 Å². The number of carbonyl (C=O) groups excluding carboxylic acids is 1. The molecule has 3 rings (SSSR count). The van der Waals surface area contributed by atoms with Crippen molar-refractivity contribution in [2.24, 2.45) is 0 Å². The first-order valence-corrected chi connectivity index (χ1v) is 12.1. The molecule has 3 aromatic rings. The second-order valence-electron chi connectivity index (χ2n) is 6.63. The van der Waals surface area contributed by atoms with Crippen LogP contribution in [0.4, 0.5) is 11.4 Å². The monoisotopic (exact) mass is 472 g/mol. The van der Waals surface area contributed by atoms with Crippen LogP contribution < -0.4 is 10.1 Å². The molecule has 32 heavy (non-hydrogen) atoms. The highest BCUT2D eigenvalue weighted by Gasteiger charge is 2.15. The quantitative estimate of drug-likeness (QED) is 0.278. The summed E-state index contributed by atoms with van der Waals surface area (Å²) >= 11 is 1.32. The summed E-state index contributed by atoms with van der Waals surface area (Å²) < 4.78 is 30.1. The molecule has 0 aliphatic carbocycles. The molecule has 0 aliphatic rings. The number of ether oxygens (including phenoxy) is 1. The number of amides is 1. The summed E-state index contributed by atoms with van der Waals surface area (Å²) in [6, 6.07) is 18.6. The smallest absolute Gasteiger partial charge is 0.271 e. The molecule has 10 heteroatoms. The number of anilines is 1. The largest absolute Gasteiger partial charge is 0.497 e. The second-order valence-corrected chi connectivity index (χ2v) is 9.91. The van der Waals surface area contributed by atoms with Crippen molar-refractivity contribution in [1.29, 1.82) is 0 Å². The maximum atomic E-state index is 12.5. The van der Waals surface area contributed by atoms with Gasteiger partial charge >= 0.3 is 0 Å². The van der Waals surface area contributed by atoms with E-state index in [0.717, 1.165) is 4.90 Å². The number of non-ortho nitro benzene ring substituents is 1. The molecule has 0 unspecified atom stereocenters. The Morgan fingerprint density at radius 1 is 1.06 bits per heavy atom. The van der Waals surface area contributed by atoms with Gasteiger partial charge in [-0.25, -0.2) is 8.42 Å². The summed E-state index contributed by atoms with van der Waals surface area (Å²) in [6.45, 7) is 0. The third-order valence-corrected chi connectivity index (χ3v) is 7.44. The van der Waals surface area contributed by atoms with Gasteiger partial charge in [-0.1, -0.05) is 12.1 Å². The molecule has 8 nitrogen and oxygen atoms in total. The molecule has 1 amide bonds. The minimum Gasteiger partial charge on any atom is -0.497 e. The molecule has 1 N–H and O–H groups in total. The highest BCUT2D eigenvalue weighted by atomic mass is 32.2. The molecule has 0 aromatic heterocycles. The molecule has 166 valence electrons. The van der Waals surface area contributed by atoms with Crippen LogP contribution in [-0.4, -0.2) is 37.9 Å². The van der Waals surface area contributed by atoms with E-state index in [1.54, 1.807) is 42.5 Å². The molecule has 0 fully saturated rings. The van der Waals surface area contributed by atoms with Gasteiger partial charge in [0.2, 0.25) is 0 Å². The lowest BCUT2D eigenvalue weighted by atomic mass is 10.2. The molecule has 0 aliphatic heterocycles. The van der Waals surface area contributed by atoms with Gasteiger partial charge in [-0.2, -0.15) is 0 Å². The molecule has 0 spiro atoms. The molecular weight excluding hydrogens is 452 g/mol. The number of nitrogens with one attached hydrogen (secondary N) is 1. The number of carbonyl (C=O) groups is 1. The Morgan fingerprint density at radius 3 is 2.47 bits per heavy atom. The van der Waals surface area contributed by atoms with E-state index in [-0.39, 0.29) is 16.3 Å². The summed E-state index contributed by atoms with van der Waals surface area (Å²) in [7, 11) is -1.93. The Labute approximate surface area is 189 Å². The number of thioether (sulfide) groups is 1. The number of nitro benzene ring substituents is 1. The number of sulfone groups is 1. The Bertz CT molecular complexity index is 1230. The van der Waals surface area contributed by atoms with Gasteiger partial charge in [0.25, 0.3) is 11.6 Å². The van der Waals surface area contributed by atoms with Crippen LogP contribution in [0.3, 0.4) is 0 Å². The van der Waals surface area contributed by atoms with Gasteiger partial charge in [-0.05, 0) is 48.5 Å². The highest BCUT2D eigenvalue weighted by molar-refractivity contribution is 8.00. The lowest BCUT2D eigenvalue weighted by Crippen LogP contribution is -2.12. The number of nitrogens with zero attached hydrogens (tertiary/aromatic N) is 1. The molecule has 0 bridgehead atoms. The first-order chi connectivity index (χ1) is 15.3. The molecule has 0 heterocycles. The maximum Gasteiger partial charge on any atom is 0.271 e. The van der Waals surface area contributed by atoms with Crippen molar-refractivity contribution in [2.45, 2.75) is 9.79 Å². The third-order valence-electron chi connectivity index (χ3n) is 4.45. The van der Waals surface area contributed by atoms with E-state index >= 15 is 0 Å². The van der Waals surface area contributed by atoms with Gasteiger partial charge in [0.05, 0.1) is 22.7 Å². The average molecular weight is 473 g/mol. The topological polar surface area (TPSA) is 116 Å². The average Bonchev–Trinajstić information content (AvgIpc) is 2.79. The molecule has 0 radical (unpaired) electrons. The van der Waals surface area contributed by atoms with Gasteiger partial charge < -0.3 is 10.1 Å². The van der Waals surface area contributed by atoms with Crippen LogP contribution in [0.15, 0.2) is 82.6 Å². The molecular formula is C22H20N2O6S2. The fraction of sp³-hybridized carbons (Fsp3) is 0.136. The Hall–Kier alpha value is -3.37. The number of rotatable bonds is 9. The van der Waals surface area contributed by atoms with Crippen molar-refractivity contribution < 1.29 is 22.9 Å². The Morgan fingerprint density at radius 2 is 1.78 bits per heavy atom. The maximum absolute atomic E-state index is 12.5. The summed E-state index contributed by atoms with van der Waals surface area (Å²) in [5.74, 6) is 0.413. The predicted octanol–water partition coefficient (Wildman–Crippen LogP) is 4.42. The van der Waals surface area contributed by atoms with Gasteiger partial charge in [0, 0.05) is 34.0 Å². The van der Waals surface area contributed by atoms with Gasteiger partial charge in [0.15, 0.2) is 9.84 Å². The van der Waals surface area contributed by atoms with Crippen molar-refractivity contribution in [1.82, 2.24) is 0 Å². The first kappa shape index (κ1) is 23.3. The summed E-state index contributed by atoms with van der Waals surface area (Å²) in [4.78, 5) is 23.8. The summed E-state index contributed by atoms with van der Waals surface area (Å²) in [6.07, 6.45) is 0. The normalized spacial score (nSPS) is 11.0. The standard InChI is InChI=1S/C22H20N2O6S2/c1-30-19-8-10-21(11-9-19)32(28,29)13-12-31-20-7-2-4-16(14-20)22(25)23-17-5-3-6-18(15-17)24(26)27/h2-11,14-15H,12-13H2,1H3,(H,23,25). The van der Waals surface area contributed by atoms with E-state index in [0.29, 0.717) is 22.8 Å². The number of nitro groups is 1. The van der Waals surface area contributed by atoms with Crippen LogP contribution in [0.25, 0.3) is 0 Å².